The van der Waals surface area contributed by atoms with Crippen LogP contribution in [0.5, 0.6) is 5.75 Å². The van der Waals surface area contributed by atoms with E-state index in [2.05, 4.69) is 10.3 Å². The molecule has 5 nitrogen and oxygen atoms in total. The summed E-state index contributed by atoms with van der Waals surface area (Å²) in [7, 11) is 3.65. The molecule has 0 saturated heterocycles. The summed E-state index contributed by atoms with van der Waals surface area (Å²) >= 11 is 0. The predicted octanol–water partition coefficient (Wildman–Crippen LogP) is 2.78. The fraction of sp³-hybridized carbons (Fsp3) is 0.188. The van der Waals surface area contributed by atoms with Crippen molar-refractivity contribution in [1.82, 2.24) is 9.55 Å². The van der Waals surface area contributed by atoms with Crippen LogP contribution in [0.3, 0.4) is 0 Å². The van der Waals surface area contributed by atoms with Crippen LogP contribution in [-0.2, 0) is 13.6 Å². The summed E-state index contributed by atoms with van der Waals surface area (Å²) in [5.74, 6) is 1.68. The van der Waals surface area contributed by atoms with Crippen molar-refractivity contribution in [2.45, 2.75) is 6.54 Å². The van der Waals surface area contributed by atoms with Crippen molar-refractivity contribution in [3.8, 4) is 5.75 Å². The van der Waals surface area contributed by atoms with Crippen molar-refractivity contribution < 1.29 is 4.74 Å². The van der Waals surface area contributed by atoms with E-state index in [4.69, 9.17) is 10.5 Å². The molecule has 2 aromatic carbocycles. The molecule has 3 N–H and O–H groups in total. The number of aromatic nitrogens is 2. The number of nitrogen functional groups attached to an aromatic ring is 1. The van der Waals surface area contributed by atoms with Gasteiger partial charge in [-0.1, -0.05) is 12.1 Å². The second-order valence-corrected chi connectivity index (χ2v) is 4.94. The first-order valence-corrected chi connectivity index (χ1v) is 6.76. The number of nitrogens with two attached hydrogens (primary N) is 1. The number of nitrogens with one attached hydrogen (secondary N) is 1. The van der Waals surface area contributed by atoms with Crippen LogP contribution in [0.2, 0.25) is 0 Å². The maximum absolute atomic E-state index is 5.79. The summed E-state index contributed by atoms with van der Waals surface area (Å²) in [5.41, 5.74) is 9.64. The minimum Gasteiger partial charge on any atom is -0.497 e. The standard InChI is InChI=1S/C16H18N4O/c1-20-15-8-5-12(17)9-14(15)19-16(20)18-10-11-3-6-13(21-2)7-4-11/h3-9H,10,17H2,1-2H3,(H,18,19). The van der Waals surface area contributed by atoms with E-state index in [1.54, 1.807) is 7.11 Å². The van der Waals surface area contributed by atoms with Gasteiger partial charge in [0, 0.05) is 19.3 Å². The Bertz CT molecular complexity index is 762. The van der Waals surface area contributed by atoms with E-state index in [1.165, 1.54) is 5.56 Å². The highest BCUT2D eigenvalue weighted by Gasteiger charge is 2.07. The van der Waals surface area contributed by atoms with Gasteiger partial charge in [0.05, 0.1) is 18.1 Å². The Morgan fingerprint density at radius 3 is 2.67 bits per heavy atom. The Balaban J connectivity index is 1.79. The van der Waals surface area contributed by atoms with Gasteiger partial charge in [-0.2, -0.15) is 0 Å². The molecule has 0 aliphatic carbocycles. The maximum Gasteiger partial charge on any atom is 0.203 e. The normalized spacial score (nSPS) is 10.8. The van der Waals surface area contributed by atoms with Crippen molar-refractivity contribution in [3.63, 3.8) is 0 Å². The van der Waals surface area contributed by atoms with Crippen LogP contribution in [0.1, 0.15) is 5.56 Å². The molecule has 3 rings (SSSR count). The molecule has 0 fully saturated rings. The number of hydrogen-bond acceptors (Lipinski definition) is 4. The van der Waals surface area contributed by atoms with Crippen molar-refractivity contribution in [2.24, 2.45) is 7.05 Å². The summed E-state index contributed by atoms with van der Waals surface area (Å²) in [6.07, 6.45) is 0. The number of benzene rings is 2. The second-order valence-electron chi connectivity index (χ2n) is 4.94. The van der Waals surface area contributed by atoms with Crippen LogP contribution < -0.4 is 15.8 Å². The molecule has 5 heteroatoms. The largest absolute Gasteiger partial charge is 0.497 e. The van der Waals surface area contributed by atoms with Gasteiger partial charge in [0.2, 0.25) is 5.95 Å². The maximum atomic E-state index is 5.79. The van der Waals surface area contributed by atoms with Crippen LogP contribution >= 0.6 is 0 Å². The molecule has 0 bridgehead atoms. The summed E-state index contributed by atoms with van der Waals surface area (Å²) in [6, 6.07) is 13.7. The molecule has 0 atom stereocenters. The molecule has 0 aliphatic rings. The number of hydrogen-bond donors (Lipinski definition) is 2. The molecule has 0 unspecified atom stereocenters. The number of imidazole rings is 1. The van der Waals surface area contributed by atoms with Gasteiger partial charge in [-0.15, -0.1) is 0 Å². The Hall–Kier alpha value is -2.69. The lowest BCUT2D eigenvalue weighted by molar-refractivity contribution is 0.414. The molecule has 3 aromatic rings. The highest BCUT2D eigenvalue weighted by Crippen LogP contribution is 2.21. The van der Waals surface area contributed by atoms with Gasteiger partial charge in [-0.05, 0) is 35.9 Å². The molecule has 0 amide bonds. The number of fused-ring (bicyclic) bond motifs is 1. The zero-order valence-corrected chi connectivity index (χ0v) is 12.1. The number of aryl methyl sites for hydroxylation is 1. The second kappa shape index (κ2) is 5.36. The zero-order valence-electron chi connectivity index (χ0n) is 12.1. The minimum absolute atomic E-state index is 0.705. The SMILES string of the molecule is COc1ccc(CNc2nc3cc(N)ccc3n2C)cc1. The van der Waals surface area contributed by atoms with Crippen LogP contribution in [0.15, 0.2) is 42.5 Å². The lowest BCUT2D eigenvalue weighted by atomic mass is 10.2. The van der Waals surface area contributed by atoms with Crippen LogP contribution in [0.4, 0.5) is 11.6 Å². The van der Waals surface area contributed by atoms with E-state index >= 15 is 0 Å². The van der Waals surface area contributed by atoms with Crippen molar-refractivity contribution >= 4 is 22.7 Å². The fourth-order valence-corrected chi connectivity index (χ4v) is 2.30. The van der Waals surface area contributed by atoms with Gasteiger partial charge < -0.3 is 20.4 Å². The van der Waals surface area contributed by atoms with Gasteiger partial charge >= 0.3 is 0 Å². The third kappa shape index (κ3) is 2.63. The molecule has 21 heavy (non-hydrogen) atoms. The van der Waals surface area contributed by atoms with E-state index in [0.717, 1.165) is 28.4 Å². The number of anilines is 2. The van der Waals surface area contributed by atoms with Gasteiger partial charge in [0.1, 0.15) is 5.75 Å². The number of nitrogens with zero attached hydrogens (tertiary/aromatic N) is 2. The Kier molecular flexibility index (Phi) is 3.39. The minimum atomic E-state index is 0.705. The van der Waals surface area contributed by atoms with Crippen molar-refractivity contribution in [3.05, 3.63) is 48.0 Å². The van der Waals surface area contributed by atoms with Crippen LogP contribution in [0, 0.1) is 0 Å². The third-order valence-corrected chi connectivity index (χ3v) is 3.51. The first-order valence-electron chi connectivity index (χ1n) is 6.76. The van der Waals surface area contributed by atoms with Crippen LogP contribution in [0.25, 0.3) is 11.0 Å². The monoisotopic (exact) mass is 282 g/mol. The molecule has 0 spiro atoms. The third-order valence-electron chi connectivity index (χ3n) is 3.51. The number of methoxy groups -OCH3 is 1. The van der Waals surface area contributed by atoms with E-state index in [-0.39, 0.29) is 0 Å². The summed E-state index contributed by atoms with van der Waals surface area (Å²) in [5, 5.41) is 3.35. The van der Waals surface area contributed by atoms with E-state index < -0.39 is 0 Å². The molecule has 108 valence electrons. The molecule has 1 aromatic heterocycles. The van der Waals surface area contributed by atoms with Crippen molar-refractivity contribution in [2.75, 3.05) is 18.2 Å². The van der Waals surface area contributed by atoms with E-state index in [1.807, 2.05) is 54.1 Å². The van der Waals surface area contributed by atoms with E-state index in [9.17, 15) is 0 Å². The Labute approximate surface area is 123 Å². The summed E-state index contributed by atoms with van der Waals surface area (Å²) < 4.78 is 7.18. The highest BCUT2D eigenvalue weighted by atomic mass is 16.5. The topological polar surface area (TPSA) is 65.1 Å². The molecular weight excluding hydrogens is 264 g/mol. The number of ether oxygens (including phenoxy) is 1. The Morgan fingerprint density at radius 2 is 1.95 bits per heavy atom. The lowest BCUT2D eigenvalue weighted by Crippen LogP contribution is -2.04. The quantitative estimate of drug-likeness (QED) is 0.722. The molecular formula is C16H18N4O. The van der Waals surface area contributed by atoms with Gasteiger partial charge in [-0.25, -0.2) is 4.98 Å². The van der Waals surface area contributed by atoms with Crippen molar-refractivity contribution in [1.29, 1.82) is 0 Å². The first kappa shape index (κ1) is 13.3. The number of rotatable bonds is 4. The average molecular weight is 282 g/mol. The predicted molar refractivity (Wildman–Crippen MR) is 85.4 cm³/mol. The first-order chi connectivity index (χ1) is 10.2. The van der Waals surface area contributed by atoms with Gasteiger partial charge in [0.15, 0.2) is 0 Å². The van der Waals surface area contributed by atoms with Gasteiger partial charge in [0.25, 0.3) is 0 Å². The molecule has 1 heterocycles. The average Bonchev–Trinajstić information content (AvgIpc) is 2.81. The summed E-state index contributed by atoms with van der Waals surface area (Å²) in [6.45, 7) is 0.705. The zero-order chi connectivity index (χ0) is 14.8. The molecule has 0 radical (unpaired) electrons. The lowest BCUT2D eigenvalue weighted by Gasteiger charge is -2.07. The molecule has 0 saturated carbocycles. The van der Waals surface area contributed by atoms with Crippen LogP contribution in [-0.4, -0.2) is 16.7 Å². The highest BCUT2D eigenvalue weighted by molar-refractivity contribution is 5.81. The fourth-order valence-electron chi connectivity index (χ4n) is 2.30. The smallest absolute Gasteiger partial charge is 0.203 e. The van der Waals surface area contributed by atoms with E-state index in [0.29, 0.717) is 6.54 Å². The molecule has 0 aliphatic heterocycles. The summed E-state index contributed by atoms with van der Waals surface area (Å²) in [4.78, 5) is 4.57. The van der Waals surface area contributed by atoms with Gasteiger partial charge in [-0.3, -0.25) is 0 Å². The Morgan fingerprint density at radius 1 is 1.19 bits per heavy atom.